The highest BCUT2D eigenvalue weighted by Crippen LogP contribution is 2.20. The molecule has 3 aromatic carbocycles. The number of carbonyl (C=O) groups excluding carboxylic acids is 1. The van der Waals surface area contributed by atoms with Gasteiger partial charge in [-0.25, -0.2) is 13.8 Å². The van der Waals surface area contributed by atoms with Gasteiger partial charge >= 0.3 is 0 Å². The third-order valence-electron chi connectivity index (χ3n) is 4.62. The topological polar surface area (TPSA) is 78.8 Å². The second kappa shape index (κ2) is 11.6. The Morgan fingerprint density at radius 1 is 0.939 bits per heavy atom. The highest BCUT2D eigenvalue weighted by molar-refractivity contribution is 7.89. The summed E-state index contributed by atoms with van der Waals surface area (Å²) in [5.41, 5.74) is 3.85. The van der Waals surface area contributed by atoms with E-state index in [1.54, 1.807) is 18.2 Å². The Labute approximate surface area is 207 Å². The summed E-state index contributed by atoms with van der Waals surface area (Å²) < 4.78 is 27.5. The fourth-order valence-corrected chi connectivity index (χ4v) is 4.89. The molecule has 3 rings (SSSR count). The summed E-state index contributed by atoms with van der Waals surface area (Å²) in [6, 6.07) is 20.1. The second-order valence-corrected chi connectivity index (χ2v) is 10.2. The molecule has 0 saturated heterocycles. The van der Waals surface area contributed by atoms with E-state index < -0.39 is 22.5 Å². The van der Waals surface area contributed by atoms with Crippen LogP contribution in [0.5, 0.6) is 0 Å². The number of nitrogens with zero attached hydrogens (tertiary/aromatic N) is 2. The molecular formula is C23H20Cl3N3O3S. The van der Waals surface area contributed by atoms with E-state index in [9.17, 15) is 13.2 Å². The molecule has 0 aliphatic carbocycles. The summed E-state index contributed by atoms with van der Waals surface area (Å²) in [6.45, 7) is -0.307. The van der Waals surface area contributed by atoms with Crippen molar-refractivity contribution in [2.75, 3.05) is 13.1 Å². The average molecular weight is 525 g/mol. The molecule has 1 amide bonds. The number of hydrogen-bond donors (Lipinski definition) is 1. The van der Waals surface area contributed by atoms with Gasteiger partial charge in [0, 0.05) is 22.2 Å². The van der Waals surface area contributed by atoms with Crippen molar-refractivity contribution in [1.29, 1.82) is 0 Å². The lowest BCUT2D eigenvalue weighted by Crippen LogP contribution is -2.40. The van der Waals surface area contributed by atoms with E-state index >= 15 is 0 Å². The molecule has 0 aliphatic heterocycles. The van der Waals surface area contributed by atoms with Crippen LogP contribution in [0.1, 0.15) is 11.1 Å². The first-order valence-corrected chi connectivity index (χ1v) is 12.4. The standard InChI is InChI=1S/C23H20Cl3N3O3S/c24-19-8-10-21(11-9-19)33(31,32)29(13-12-17-4-2-1-3-5-17)16-23(30)28-27-15-18-6-7-20(25)14-22(18)26/h1-11,14-15H,12-13,16H2,(H,28,30)/b27-15-. The van der Waals surface area contributed by atoms with Crippen molar-refractivity contribution in [3.63, 3.8) is 0 Å². The molecule has 172 valence electrons. The Morgan fingerprint density at radius 3 is 2.27 bits per heavy atom. The van der Waals surface area contributed by atoms with Gasteiger partial charge in [-0.1, -0.05) is 71.2 Å². The zero-order chi connectivity index (χ0) is 23.8. The first-order chi connectivity index (χ1) is 15.8. The molecule has 0 aliphatic rings. The number of sulfonamides is 1. The Bertz CT molecular complexity index is 1230. The van der Waals surface area contributed by atoms with E-state index in [4.69, 9.17) is 34.8 Å². The van der Waals surface area contributed by atoms with Crippen LogP contribution in [-0.2, 0) is 21.2 Å². The minimum absolute atomic E-state index is 0.0456. The van der Waals surface area contributed by atoms with Crippen LogP contribution in [-0.4, -0.2) is 37.9 Å². The zero-order valence-electron chi connectivity index (χ0n) is 17.3. The summed E-state index contributed by atoms with van der Waals surface area (Å²) >= 11 is 17.8. The number of hydrogen-bond acceptors (Lipinski definition) is 4. The van der Waals surface area contributed by atoms with Gasteiger partial charge in [0.2, 0.25) is 10.0 Å². The average Bonchev–Trinajstić information content (AvgIpc) is 2.79. The number of carbonyl (C=O) groups is 1. The van der Waals surface area contributed by atoms with E-state index in [1.807, 2.05) is 30.3 Å². The van der Waals surface area contributed by atoms with Crippen molar-refractivity contribution in [2.45, 2.75) is 11.3 Å². The molecule has 0 unspecified atom stereocenters. The smallest absolute Gasteiger partial charge is 0.255 e. The molecule has 0 atom stereocenters. The van der Waals surface area contributed by atoms with Gasteiger partial charge in [0.1, 0.15) is 0 Å². The van der Waals surface area contributed by atoms with E-state index in [0.29, 0.717) is 27.1 Å². The molecular weight excluding hydrogens is 505 g/mol. The van der Waals surface area contributed by atoms with Crippen molar-refractivity contribution in [3.8, 4) is 0 Å². The number of benzene rings is 3. The molecule has 0 fully saturated rings. The van der Waals surface area contributed by atoms with Gasteiger partial charge in [-0.15, -0.1) is 0 Å². The number of hydrazone groups is 1. The largest absolute Gasteiger partial charge is 0.272 e. The number of amides is 1. The summed E-state index contributed by atoms with van der Waals surface area (Å²) in [5, 5.41) is 5.14. The Hall–Kier alpha value is -2.42. The first kappa shape index (κ1) is 25.2. The molecule has 33 heavy (non-hydrogen) atoms. The van der Waals surface area contributed by atoms with Crippen LogP contribution in [0.3, 0.4) is 0 Å². The molecule has 6 nitrogen and oxygen atoms in total. The van der Waals surface area contributed by atoms with Crippen LogP contribution < -0.4 is 5.43 Å². The second-order valence-electron chi connectivity index (χ2n) is 6.99. The monoisotopic (exact) mass is 523 g/mol. The van der Waals surface area contributed by atoms with Crippen LogP contribution >= 0.6 is 34.8 Å². The van der Waals surface area contributed by atoms with E-state index in [1.165, 1.54) is 30.5 Å². The Balaban J connectivity index is 1.74. The van der Waals surface area contributed by atoms with E-state index in [-0.39, 0.29) is 11.4 Å². The van der Waals surface area contributed by atoms with Gasteiger partial charge in [0.15, 0.2) is 0 Å². The van der Waals surface area contributed by atoms with Crippen LogP contribution in [0.15, 0.2) is 82.8 Å². The molecule has 0 radical (unpaired) electrons. The van der Waals surface area contributed by atoms with Crippen LogP contribution in [0.2, 0.25) is 15.1 Å². The maximum atomic E-state index is 13.2. The molecule has 3 aromatic rings. The predicted octanol–water partition coefficient (Wildman–Crippen LogP) is 5.03. The Kier molecular flexibility index (Phi) is 8.88. The quantitative estimate of drug-likeness (QED) is 0.315. The van der Waals surface area contributed by atoms with E-state index in [0.717, 1.165) is 9.87 Å². The van der Waals surface area contributed by atoms with Crippen molar-refractivity contribution in [2.24, 2.45) is 5.10 Å². The van der Waals surface area contributed by atoms with Crippen molar-refractivity contribution < 1.29 is 13.2 Å². The highest BCUT2D eigenvalue weighted by atomic mass is 35.5. The fraction of sp³-hybridized carbons (Fsp3) is 0.130. The number of rotatable bonds is 9. The van der Waals surface area contributed by atoms with Gasteiger partial charge in [0.25, 0.3) is 5.91 Å². The lowest BCUT2D eigenvalue weighted by atomic mass is 10.1. The summed E-state index contributed by atoms with van der Waals surface area (Å²) in [4.78, 5) is 12.6. The maximum Gasteiger partial charge on any atom is 0.255 e. The minimum Gasteiger partial charge on any atom is -0.272 e. The lowest BCUT2D eigenvalue weighted by Gasteiger charge is -2.21. The van der Waals surface area contributed by atoms with Gasteiger partial charge in [-0.2, -0.15) is 9.41 Å². The normalized spacial score (nSPS) is 11.8. The van der Waals surface area contributed by atoms with Crippen molar-refractivity contribution in [3.05, 3.63) is 99.0 Å². The number of nitrogens with one attached hydrogen (secondary N) is 1. The SMILES string of the molecule is O=C(CN(CCc1ccccc1)S(=O)(=O)c1ccc(Cl)cc1)N/N=C\c1ccc(Cl)cc1Cl. The van der Waals surface area contributed by atoms with E-state index in [2.05, 4.69) is 10.5 Å². The molecule has 0 heterocycles. The van der Waals surface area contributed by atoms with Crippen molar-refractivity contribution in [1.82, 2.24) is 9.73 Å². The summed E-state index contributed by atoms with van der Waals surface area (Å²) in [5.74, 6) is -0.595. The van der Waals surface area contributed by atoms with Crippen LogP contribution in [0.4, 0.5) is 0 Å². The molecule has 0 saturated carbocycles. The predicted molar refractivity (Wildman–Crippen MR) is 133 cm³/mol. The van der Waals surface area contributed by atoms with Crippen LogP contribution in [0, 0.1) is 0 Å². The van der Waals surface area contributed by atoms with Crippen molar-refractivity contribution >= 4 is 56.9 Å². The molecule has 0 bridgehead atoms. The van der Waals surface area contributed by atoms with Gasteiger partial charge in [-0.3, -0.25) is 4.79 Å². The summed E-state index contributed by atoms with van der Waals surface area (Å²) in [7, 11) is -3.95. The first-order valence-electron chi connectivity index (χ1n) is 9.82. The highest BCUT2D eigenvalue weighted by Gasteiger charge is 2.26. The fourth-order valence-electron chi connectivity index (χ4n) is 2.91. The minimum atomic E-state index is -3.95. The summed E-state index contributed by atoms with van der Waals surface area (Å²) in [6.07, 6.45) is 1.79. The molecule has 10 heteroatoms. The van der Waals surface area contributed by atoms with Gasteiger partial charge in [0.05, 0.1) is 22.7 Å². The van der Waals surface area contributed by atoms with Gasteiger partial charge < -0.3 is 0 Å². The third-order valence-corrected chi connectivity index (χ3v) is 7.29. The molecule has 0 spiro atoms. The molecule has 1 N–H and O–H groups in total. The Morgan fingerprint density at radius 2 is 1.61 bits per heavy atom. The molecule has 0 aromatic heterocycles. The lowest BCUT2D eigenvalue weighted by molar-refractivity contribution is -0.121. The maximum absolute atomic E-state index is 13.2. The van der Waals surface area contributed by atoms with Gasteiger partial charge in [-0.05, 0) is 48.4 Å². The zero-order valence-corrected chi connectivity index (χ0v) is 20.4. The third kappa shape index (κ3) is 7.28. The van der Waals surface area contributed by atoms with Crippen LogP contribution in [0.25, 0.3) is 0 Å². The number of halogens is 3.